The number of benzene rings is 14. The third-order valence-electron chi connectivity index (χ3n) is 18.4. The second kappa shape index (κ2) is 22.2. The number of rotatable bonds is 13. The fourth-order valence-corrected chi connectivity index (χ4v) is 24.4. The van der Waals surface area contributed by atoms with Gasteiger partial charge in [0, 0.05) is 38.4 Å². The Morgan fingerprint density at radius 3 is 1.06 bits per heavy atom. The Morgan fingerprint density at radius 1 is 0.205 bits per heavy atom. The minimum absolute atomic E-state index is 1.12. The lowest BCUT2D eigenvalue weighted by Gasteiger charge is -2.36. The van der Waals surface area contributed by atoms with Crippen molar-refractivity contribution in [3.63, 3.8) is 0 Å². The molecule has 0 atom stereocenters. The fraction of sp³-hybridized carbons (Fsp3) is 0. The lowest BCUT2D eigenvalue weighted by molar-refractivity contribution is 1.17. The van der Waals surface area contributed by atoms with Crippen LogP contribution in [-0.2, 0) is 0 Å². The van der Waals surface area contributed by atoms with Crippen LogP contribution in [0.3, 0.4) is 0 Å². The van der Waals surface area contributed by atoms with Crippen LogP contribution in [0.15, 0.2) is 364 Å². The highest BCUT2D eigenvalue weighted by Gasteiger charge is 2.44. The summed E-state index contributed by atoms with van der Waals surface area (Å²) in [5.41, 5.74) is 14.0. The first kappa shape index (κ1) is 52.7. The van der Waals surface area contributed by atoms with Crippen molar-refractivity contribution in [2.75, 3.05) is 0 Å². The molecule has 0 N–H and O–H groups in total. The van der Waals surface area contributed by atoms with Crippen LogP contribution in [-0.4, -0.2) is 25.3 Å². The van der Waals surface area contributed by atoms with Crippen LogP contribution >= 0.6 is 0 Å². The molecule has 4 heteroatoms. The van der Waals surface area contributed by atoms with Crippen LogP contribution in [0.5, 0.6) is 0 Å². The topological polar surface area (TPSA) is 9.86 Å². The van der Waals surface area contributed by atoms with Crippen molar-refractivity contribution in [1.29, 1.82) is 0 Å². The molecule has 16 rings (SSSR count). The summed E-state index contributed by atoms with van der Waals surface area (Å²) in [5.74, 6) is 0. The van der Waals surface area contributed by atoms with E-state index in [0.29, 0.717) is 0 Å². The molecule has 0 spiro atoms. The van der Waals surface area contributed by atoms with Gasteiger partial charge in [-0.05, 0) is 100 Å². The standard InChI is InChI=1S/C84H60N2Si2/c1-9-30-61(31-10-1)62-52-55-71(56-53-62)87(66-36-15-4-16-37-66,67-38-17-5-18-39-67)72-59-75(63-32-11-2-12-33-63)84(76(60-72)64-34-13-3-14-35-64)86-78-48-27-25-46-73(78)77-58-65(54-57-80(77)86)85-79-49-28-26-47-74(79)83-81(85)50-29-51-82(83)88(68-40-19-6-20-41-68,69-42-21-7-22-43-69)70-44-23-8-24-45-70/h1-60H. The van der Waals surface area contributed by atoms with Gasteiger partial charge in [0.05, 0.1) is 27.8 Å². The predicted octanol–water partition coefficient (Wildman–Crippen LogP) is 15.6. The van der Waals surface area contributed by atoms with Gasteiger partial charge in [-0.3, -0.25) is 0 Å². The molecule has 0 radical (unpaired) electrons. The summed E-state index contributed by atoms with van der Waals surface area (Å²) < 4.78 is 5.11. The largest absolute Gasteiger partial charge is 0.309 e. The molecule has 0 amide bonds. The van der Waals surface area contributed by atoms with Crippen LogP contribution in [0.2, 0.25) is 0 Å². The quantitative estimate of drug-likeness (QED) is 0.0804. The van der Waals surface area contributed by atoms with E-state index in [-0.39, 0.29) is 0 Å². The van der Waals surface area contributed by atoms with Crippen LogP contribution in [0, 0.1) is 0 Å². The van der Waals surface area contributed by atoms with Gasteiger partial charge in [-0.1, -0.05) is 328 Å². The van der Waals surface area contributed by atoms with Crippen molar-refractivity contribution in [3.8, 4) is 44.8 Å². The minimum atomic E-state index is -3.13. The Balaban J connectivity index is 0.973. The van der Waals surface area contributed by atoms with E-state index in [1.165, 1.54) is 96.3 Å². The molecule has 0 saturated heterocycles. The molecule has 14 aromatic carbocycles. The highest BCUT2D eigenvalue weighted by Crippen LogP contribution is 2.43. The SMILES string of the molecule is c1ccc(-c2ccc([Si](c3ccccc3)(c3ccccc3)c3cc(-c4ccccc4)c(-n4c5ccccc5c5cc(-n6c7ccccc7c7c([Si](c8ccccc8)(c8ccccc8)c8ccccc8)cccc76)ccc54)c(-c4ccccc4)c3)cc2)cc1. The zero-order valence-electron chi connectivity index (χ0n) is 48.5. The maximum atomic E-state index is 2.58. The third kappa shape index (κ3) is 8.52. The molecular formula is C84H60N2Si2. The molecule has 0 fully saturated rings. The summed E-state index contributed by atoms with van der Waals surface area (Å²) in [6.07, 6.45) is 0. The van der Waals surface area contributed by atoms with Gasteiger partial charge in [0.15, 0.2) is 16.1 Å². The summed E-state index contributed by atoms with van der Waals surface area (Å²) in [4.78, 5) is 0. The molecule has 0 aliphatic carbocycles. The normalized spacial score (nSPS) is 11.9. The van der Waals surface area contributed by atoms with Gasteiger partial charge < -0.3 is 9.13 Å². The van der Waals surface area contributed by atoms with Gasteiger partial charge in [-0.25, -0.2) is 0 Å². The average molecular weight is 1150 g/mol. The number of para-hydroxylation sites is 2. The molecule has 16 aromatic rings. The minimum Gasteiger partial charge on any atom is -0.309 e. The van der Waals surface area contributed by atoms with Crippen LogP contribution in [0.1, 0.15) is 0 Å². The molecule has 88 heavy (non-hydrogen) atoms. The molecule has 414 valence electrons. The molecule has 2 aromatic heterocycles. The van der Waals surface area contributed by atoms with E-state index in [9.17, 15) is 0 Å². The molecule has 0 saturated carbocycles. The van der Waals surface area contributed by atoms with E-state index >= 15 is 0 Å². The maximum Gasteiger partial charge on any atom is 0.180 e. The van der Waals surface area contributed by atoms with Gasteiger partial charge in [0.2, 0.25) is 0 Å². The van der Waals surface area contributed by atoms with Crippen molar-refractivity contribution in [2.24, 2.45) is 0 Å². The summed E-state index contributed by atoms with van der Waals surface area (Å²) in [6, 6.07) is 137. The lowest BCUT2D eigenvalue weighted by atomic mass is 9.95. The van der Waals surface area contributed by atoms with Gasteiger partial charge in [-0.15, -0.1) is 0 Å². The first-order valence-electron chi connectivity index (χ1n) is 30.5. The number of fused-ring (bicyclic) bond motifs is 6. The van der Waals surface area contributed by atoms with Gasteiger partial charge in [0.1, 0.15) is 0 Å². The Morgan fingerprint density at radius 2 is 0.568 bits per heavy atom. The second-order valence-electron chi connectivity index (χ2n) is 23.0. The maximum absolute atomic E-state index is 3.13. The van der Waals surface area contributed by atoms with Crippen LogP contribution in [0.25, 0.3) is 88.4 Å². The fourth-order valence-electron chi connectivity index (χ4n) is 14.7. The van der Waals surface area contributed by atoms with E-state index in [1.54, 1.807) is 0 Å². The van der Waals surface area contributed by atoms with Crippen molar-refractivity contribution < 1.29 is 0 Å². The lowest BCUT2D eigenvalue weighted by Crippen LogP contribution is -2.74. The van der Waals surface area contributed by atoms with Crippen molar-refractivity contribution in [1.82, 2.24) is 9.13 Å². The third-order valence-corrected chi connectivity index (χ3v) is 28.0. The van der Waals surface area contributed by atoms with Crippen molar-refractivity contribution >= 4 is 101 Å². The first-order chi connectivity index (χ1) is 43.7. The average Bonchev–Trinajstić information content (AvgIpc) is 1.92. The van der Waals surface area contributed by atoms with Gasteiger partial charge in [0.25, 0.3) is 0 Å². The van der Waals surface area contributed by atoms with E-state index in [0.717, 1.165) is 33.5 Å². The highest BCUT2D eigenvalue weighted by molar-refractivity contribution is 7.21. The highest BCUT2D eigenvalue weighted by atomic mass is 28.3. The van der Waals surface area contributed by atoms with Crippen LogP contribution in [0.4, 0.5) is 0 Å². The van der Waals surface area contributed by atoms with Crippen LogP contribution < -0.4 is 41.5 Å². The van der Waals surface area contributed by atoms with Crippen molar-refractivity contribution in [2.45, 2.75) is 0 Å². The van der Waals surface area contributed by atoms with E-state index < -0.39 is 16.1 Å². The molecule has 0 unspecified atom stereocenters. The molecule has 2 nitrogen and oxygen atoms in total. The zero-order valence-corrected chi connectivity index (χ0v) is 50.5. The van der Waals surface area contributed by atoms with Gasteiger partial charge >= 0.3 is 0 Å². The summed E-state index contributed by atoms with van der Waals surface area (Å²) in [6.45, 7) is 0. The molecular weight excluding hydrogens is 1090 g/mol. The second-order valence-corrected chi connectivity index (χ2v) is 30.6. The van der Waals surface area contributed by atoms with Gasteiger partial charge in [-0.2, -0.15) is 0 Å². The smallest absolute Gasteiger partial charge is 0.180 e. The monoisotopic (exact) mass is 1150 g/mol. The van der Waals surface area contributed by atoms with E-state index in [1.807, 2.05) is 0 Å². The zero-order chi connectivity index (χ0) is 58.4. The molecule has 0 aliphatic heterocycles. The molecule has 0 bridgehead atoms. The van der Waals surface area contributed by atoms with Crippen molar-refractivity contribution in [3.05, 3.63) is 364 Å². The number of hydrogen-bond donors (Lipinski definition) is 0. The summed E-state index contributed by atoms with van der Waals surface area (Å²) in [7, 11) is -6.09. The predicted molar refractivity (Wildman–Crippen MR) is 379 cm³/mol. The number of hydrogen-bond acceptors (Lipinski definition) is 0. The first-order valence-corrected chi connectivity index (χ1v) is 34.5. The Labute approximate surface area is 515 Å². The Hall–Kier alpha value is -10.9. The van der Waals surface area contributed by atoms with E-state index in [2.05, 4.69) is 373 Å². The Bertz CT molecular complexity index is 4950. The number of nitrogens with zero attached hydrogens (tertiary/aromatic N) is 2. The molecule has 2 heterocycles. The Kier molecular flexibility index (Phi) is 13.3. The molecule has 0 aliphatic rings. The number of aromatic nitrogens is 2. The van der Waals surface area contributed by atoms with E-state index in [4.69, 9.17) is 0 Å². The summed E-state index contributed by atoms with van der Waals surface area (Å²) >= 11 is 0. The summed E-state index contributed by atoms with van der Waals surface area (Å²) in [5, 5.41) is 15.7.